The van der Waals surface area contributed by atoms with E-state index in [-0.39, 0.29) is 5.56 Å². The summed E-state index contributed by atoms with van der Waals surface area (Å²) in [7, 11) is 0. The molecule has 0 aliphatic rings. The van der Waals surface area contributed by atoms with Gasteiger partial charge in [-0.05, 0) is 30.6 Å². The number of thiophene rings is 1. The van der Waals surface area contributed by atoms with E-state index in [0.717, 1.165) is 16.1 Å². The topological polar surface area (TPSA) is 50.7 Å². The zero-order valence-corrected chi connectivity index (χ0v) is 11.9. The standard InChI is InChI=1S/C11H9N3OS3/c1-6-8(18-5-12-6)4-14-10(15)9-7(2-3-17-9)13-11(14)16/h2-3,5H,4H2,1H3,(H,13,16). The van der Waals surface area contributed by atoms with Crippen molar-refractivity contribution in [2.45, 2.75) is 13.5 Å². The molecule has 0 aliphatic carbocycles. The normalized spacial score (nSPS) is 11.2. The van der Waals surface area contributed by atoms with E-state index in [1.165, 1.54) is 11.3 Å². The van der Waals surface area contributed by atoms with E-state index in [9.17, 15) is 4.79 Å². The van der Waals surface area contributed by atoms with Gasteiger partial charge in [0, 0.05) is 4.88 Å². The second kappa shape index (κ2) is 4.42. The summed E-state index contributed by atoms with van der Waals surface area (Å²) in [4.78, 5) is 20.7. The van der Waals surface area contributed by atoms with Gasteiger partial charge in [-0.25, -0.2) is 4.98 Å². The Morgan fingerprint density at radius 1 is 1.50 bits per heavy atom. The lowest BCUT2D eigenvalue weighted by molar-refractivity contribution is 0.740. The van der Waals surface area contributed by atoms with E-state index in [4.69, 9.17) is 12.2 Å². The SMILES string of the molecule is Cc1ncsc1Cn1c(=S)[nH]c2ccsc2c1=O. The molecule has 3 heterocycles. The van der Waals surface area contributed by atoms with Crippen LogP contribution in [0.15, 0.2) is 21.8 Å². The highest BCUT2D eigenvalue weighted by molar-refractivity contribution is 7.71. The first-order valence-corrected chi connectivity index (χ1v) is 7.43. The highest BCUT2D eigenvalue weighted by atomic mass is 32.1. The van der Waals surface area contributed by atoms with E-state index >= 15 is 0 Å². The van der Waals surface area contributed by atoms with Gasteiger partial charge in [0.2, 0.25) is 0 Å². The monoisotopic (exact) mass is 295 g/mol. The molecule has 0 unspecified atom stereocenters. The Morgan fingerprint density at radius 2 is 2.33 bits per heavy atom. The van der Waals surface area contributed by atoms with Crippen molar-refractivity contribution >= 4 is 45.1 Å². The maximum atomic E-state index is 12.3. The van der Waals surface area contributed by atoms with Crippen LogP contribution in [0.1, 0.15) is 10.6 Å². The minimum Gasteiger partial charge on any atom is -0.331 e. The smallest absolute Gasteiger partial charge is 0.272 e. The van der Waals surface area contributed by atoms with Crippen LogP contribution in [0.2, 0.25) is 0 Å². The third-order valence-electron chi connectivity index (χ3n) is 2.74. The molecular formula is C11H9N3OS3. The highest BCUT2D eigenvalue weighted by Gasteiger charge is 2.09. The van der Waals surface area contributed by atoms with Crippen LogP contribution in [0, 0.1) is 11.7 Å². The summed E-state index contributed by atoms with van der Waals surface area (Å²) in [5, 5.41) is 1.89. The summed E-state index contributed by atoms with van der Waals surface area (Å²) < 4.78 is 2.76. The van der Waals surface area contributed by atoms with E-state index in [1.807, 2.05) is 18.4 Å². The summed E-state index contributed by atoms with van der Waals surface area (Å²) >= 11 is 8.22. The molecule has 3 rings (SSSR count). The van der Waals surface area contributed by atoms with E-state index in [1.54, 1.807) is 21.4 Å². The molecule has 0 aliphatic heterocycles. The second-order valence-electron chi connectivity index (χ2n) is 3.85. The average molecular weight is 295 g/mol. The molecule has 92 valence electrons. The largest absolute Gasteiger partial charge is 0.331 e. The summed E-state index contributed by atoms with van der Waals surface area (Å²) in [5.41, 5.74) is 3.52. The summed E-state index contributed by atoms with van der Waals surface area (Å²) in [5.74, 6) is 0. The summed E-state index contributed by atoms with van der Waals surface area (Å²) in [6, 6.07) is 1.87. The molecule has 0 radical (unpaired) electrons. The van der Waals surface area contributed by atoms with Gasteiger partial charge in [-0.2, -0.15) is 0 Å². The van der Waals surface area contributed by atoms with Crippen molar-refractivity contribution in [2.24, 2.45) is 0 Å². The molecule has 7 heteroatoms. The van der Waals surface area contributed by atoms with Crippen molar-refractivity contribution in [3.8, 4) is 0 Å². The minimum atomic E-state index is -0.0310. The number of rotatable bonds is 2. The first kappa shape index (κ1) is 11.8. The second-order valence-corrected chi connectivity index (χ2v) is 6.09. The van der Waals surface area contributed by atoms with E-state index in [2.05, 4.69) is 9.97 Å². The fourth-order valence-corrected chi connectivity index (χ4v) is 3.56. The van der Waals surface area contributed by atoms with Crippen LogP contribution >= 0.6 is 34.9 Å². The lowest BCUT2D eigenvalue weighted by atomic mass is 10.4. The Bertz CT molecular complexity index is 824. The van der Waals surface area contributed by atoms with Crippen LogP contribution in [0.3, 0.4) is 0 Å². The molecule has 4 nitrogen and oxygen atoms in total. The number of hydrogen-bond donors (Lipinski definition) is 1. The number of aromatic nitrogens is 3. The van der Waals surface area contributed by atoms with Crippen LogP contribution in [-0.4, -0.2) is 14.5 Å². The predicted molar refractivity (Wildman–Crippen MR) is 77.2 cm³/mol. The van der Waals surface area contributed by atoms with Crippen molar-refractivity contribution in [1.29, 1.82) is 0 Å². The van der Waals surface area contributed by atoms with Gasteiger partial charge in [0.05, 0.1) is 23.3 Å². The number of nitrogens with zero attached hydrogens (tertiary/aromatic N) is 2. The van der Waals surface area contributed by atoms with Crippen LogP contribution < -0.4 is 5.56 Å². The van der Waals surface area contributed by atoms with Gasteiger partial charge in [-0.15, -0.1) is 22.7 Å². The van der Waals surface area contributed by atoms with Gasteiger partial charge >= 0.3 is 0 Å². The number of fused-ring (bicyclic) bond motifs is 1. The molecule has 1 N–H and O–H groups in total. The van der Waals surface area contributed by atoms with Crippen LogP contribution in [0.5, 0.6) is 0 Å². The number of nitrogens with one attached hydrogen (secondary N) is 1. The molecule has 0 amide bonds. The van der Waals surface area contributed by atoms with Crippen molar-refractivity contribution in [3.05, 3.63) is 42.7 Å². The van der Waals surface area contributed by atoms with Gasteiger partial charge in [0.1, 0.15) is 4.70 Å². The van der Waals surface area contributed by atoms with Gasteiger partial charge in [-0.3, -0.25) is 9.36 Å². The summed E-state index contributed by atoms with van der Waals surface area (Å²) in [6.07, 6.45) is 0. The molecule has 0 spiro atoms. The first-order chi connectivity index (χ1) is 8.66. The maximum Gasteiger partial charge on any atom is 0.272 e. The van der Waals surface area contributed by atoms with Crippen LogP contribution in [0.25, 0.3) is 10.2 Å². The Hall–Kier alpha value is -1.31. The van der Waals surface area contributed by atoms with Crippen LogP contribution in [-0.2, 0) is 6.54 Å². The molecule has 3 aromatic rings. The Labute approximate surface area is 116 Å². The molecule has 0 saturated heterocycles. The van der Waals surface area contributed by atoms with Crippen molar-refractivity contribution in [2.75, 3.05) is 0 Å². The molecule has 3 aromatic heterocycles. The van der Waals surface area contributed by atoms with Crippen molar-refractivity contribution < 1.29 is 0 Å². The third-order valence-corrected chi connectivity index (χ3v) is 4.88. The van der Waals surface area contributed by atoms with Crippen molar-refractivity contribution in [1.82, 2.24) is 14.5 Å². The van der Waals surface area contributed by atoms with Gasteiger partial charge in [0.25, 0.3) is 5.56 Å². The quantitative estimate of drug-likeness (QED) is 0.740. The number of thiazole rings is 1. The van der Waals surface area contributed by atoms with E-state index < -0.39 is 0 Å². The average Bonchev–Trinajstić information content (AvgIpc) is 2.94. The fourth-order valence-electron chi connectivity index (χ4n) is 1.74. The van der Waals surface area contributed by atoms with Crippen LogP contribution in [0.4, 0.5) is 0 Å². The number of hydrogen-bond acceptors (Lipinski definition) is 5. The zero-order chi connectivity index (χ0) is 12.7. The third kappa shape index (κ3) is 1.84. The number of aryl methyl sites for hydroxylation is 1. The van der Waals surface area contributed by atoms with Crippen molar-refractivity contribution in [3.63, 3.8) is 0 Å². The van der Waals surface area contributed by atoms with E-state index in [0.29, 0.717) is 16.0 Å². The van der Waals surface area contributed by atoms with Gasteiger partial charge in [-0.1, -0.05) is 0 Å². The predicted octanol–water partition coefficient (Wildman–Crippen LogP) is 2.93. The Balaban J connectivity index is 2.20. The summed E-state index contributed by atoms with van der Waals surface area (Å²) in [6.45, 7) is 2.42. The number of H-pyrrole nitrogens is 1. The van der Waals surface area contributed by atoms with Gasteiger partial charge in [0.15, 0.2) is 4.77 Å². The molecule has 0 fully saturated rings. The maximum absolute atomic E-state index is 12.3. The number of aromatic amines is 1. The highest BCUT2D eigenvalue weighted by Crippen LogP contribution is 2.16. The molecule has 0 bridgehead atoms. The van der Waals surface area contributed by atoms with Gasteiger partial charge < -0.3 is 4.98 Å². The molecule has 0 atom stereocenters. The molecular weight excluding hydrogens is 286 g/mol. The Morgan fingerprint density at radius 3 is 3.06 bits per heavy atom. The molecule has 18 heavy (non-hydrogen) atoms. The molecule has 0 saturated carbocycles. The first-order valence-electron chi connectivity index (χ1n) is 5.26. The fraction of sp³-hybridized carbons (Fsp3) is 0.182. The Kier molecular flexibility index (Phi) is 2.89. The molecule has 0 aromatic carbocycles. The minimum absolute atomic E-state index is 0.0310. The zero-order valence-electron chi connectivity index (χ0n) is 9.47. The lowest BCUT2D eigenvalue weighted by Crippen LogP contribution is -2.21. The lowest BCUT2D eigenvalue weighted by Gasteiger charge is -2.05.